The van der Waals surface area contributed by atoms with Gasteiger partial charge < -0.3 is 0 Å². The van der Waals surface area contributed by atoms with Gasteiger partial charge >= 0.3 is 0 Å². The second kappa shape index (κ2) is 8.64. The van der Waals surface area contributed by atoms with Gasteiger partial charge in [-0.05, 0) is 36.1 Å². The average Bonchev–Trinajstić information content (AvgIpc) is 2.62. The molecule has 0 N–H and O–H groups in total. The van der Waals surface area contributed by atoms with Crippen molar-refractivity contribution >= 4 is 11.4 Å². The molecule has 0 saturated heterocycles. The molecule has 0 atom stereocenters. The minimum absolute atomic E-state index is 0.771. The van der Waals surface area contributed by atoms with Crippen LogP contribution >= 0.6 is 0 Å². The summed E-state index contributed by atoms with van der Waals surface area (Å²) in [7, 11) is 0. The van der Waals surface area contributed by atoms with Gasteiger partial charge in [0.05, 0.1) is 5.70 Å². The molecule has 1 heteroatoms. The summed E-state index contributed by atoms with van der Waals surface area (Å²) in [6.45, 7) is 11.8. The Kier molecular flexibility index (Phi) is 6.27. The third kappa shape index (κ3) is 4.79. The van der Waals surface area contributed by atoms with Crippen molar-refractivity contribution in [2.45, 2.75) is 13.8 Å². The van der Waals surface area contributed by atoms with Crippen LogP contribution in [0.25, 0.3) is 16.8 Å². The minimum Gasteiger partial charge on any atom is -0.253 e. The van der Waals surface area contributed by atoms with Crippen LogP contribution in [0, 0.1) is 0 Å². The molecule has 1 nitrogen and oxygen atoms in total. The predicted octanol–water partition coefficient (Wildman–Crippen LogP) is 6.47. The molecule has 2 aromatic carbocycles. The second-order valence-electron chi connectivity index (χ2n) is 5.56. The van der Waals surface area contributed by atoms with Crippen LogP contribution < -0.4 is 0 Å². The summed E-state index contributed by atoms with van der Waals surface area (Å²) in [5.74, 6) is 0. The molecule has 0 amide bonds. The van der Waals surface area contributed by atoms with Gasteiger partial charge in [0.25, 0.3) is 0 Å². The Balaban J connectivity index is 2.15. The molecule has 0 spiro atoms. The lowest BCUT2D eigenvalue weighted by molar-refractivity contribution is 1.45. The van der Waals surface area contributed by atoms with Crippen molar-refractivity contribution in [3.8, 4) is 11.1 Å². The molecule has 0 aliphatic rings. The molecular formula is C23H23N. The van der Waals surface area contributed by atoms with E-state index in [-0.39, 0.29) is 0 Å². The van der Waals surface area contributed by atoms with Crippen molar-refractivity contribution in [3.63, 3.8) is 0 Å². The van der Waals surface area contributed by atoms with Gasteiger partial charge in [0, 0.05) is 5.71 Å². The highest BCUT2D eigenvalue weighted by atomic mass is 14.7. The molecular weight excluding hydrogens is 290 g/mol. The Morgan fingerprint density at radius 2 is 1.50 bits per heavy atom. The zero-order valence-corrected chi connectivity index (χ0v) is 14.4. The topological polar surface area (TPSA) is 12.4 Å². The highest BCUT2D eigenvalue weighted by Gasteiger charge is 2.01. The number of hydrogen-bond donors (Lipinski definition) is 0. The van der Waals surface area contributed by atoms with Crippen LogP contribution in [0.4, 0.5) is 0 Å². The summed E-state index contributed by atoms with van der Waals surface area (Å²) in [6, 6.07) is 18.7. The quantitative estimate of drug-likeness (QED) is 0.428. The summed E-state index contributed by atoms with van der Waals surface area (Å²) >= 11 is 0. The smallest absolute Gasteiger partial charge is 0.0633 e. The van der Waals surface area contributed by atoms with Crippen molar-refractivity contribution in [2.75, 3.05) is 0 Å². The van der Waals surface area contributed by atoms with Gasteiger partial charge in [0.2, 0.25) is 0 Å². The maximum absolute atomic E-state index is 4.62. The fourth-order valence-electron chi connectivity index (χ4n) is 2.24. The van der Waals surface area contributed by atoms with E-state index in [4.69, 9.17) is 0 Å². The zero-order valence-electron chi connectivity index (χ0n) is 14.4. The van der Waals surface area contributed by atoms with Crippen LogP contribution in [-0.4, -0.2) is 5.71 Å². The third-order valence-corrected chi connectivity index (χ3v) is 3.79. The van der Waals surface area contributed by atoms with Crippen LogP contribution in [0.1, 0.15) is 19.4 Å². The van der Waals surface area contributed by atoms with E-state index in [2.05, 4.69) is 54.5 Å². The van der Waals surface area contributed by atoms with Crippen molar-refractivity contribution in [2.24, 2.45) is 4.99 Å². The maximum atomic E-state index is 4.62. The molecule has 0 bridgehead atoms. The first kappa shape index (κ1) is 17.4. The number of aliphatic imine (C=N–C) groups is 1. The largest absolute Gasteiger partial charge is 0.253 e. The standard InChI is InChI=1S/C23H23N/c1-5-6-8-11-18(2)19(3)24-20(4)21-14-16-23(17-15-21)22-12-9-7-10-13-22/h5-17H,1,4H2,2-3H3/b8-6-,18-11+,24-19?. The maximum Gasteiger partial charge on any atom is 0.0633 e. The van der Waals surface area contributed by atoms with Crippen LogP contribution in [0.15, 0.2) is 103 Å². The fraction of sp³-hybridized carbons (Fsp3) is 0.0870. The lowest BCUT2D eigenvalue weighted by atomic mass is 10.0. The molecule has 2 rings (SSSR count). The lowest BCUT2D eigenvalue weighted by Gasteiger charge is -2.06. The van der Waals surface area contributed by atoms with Gasteiger partial charge in [-0.15, -0.1) is 0 Å². The molecule has 120 valence electrons. The van der Waals surface area contributed by atoms with E-state index in [1.165, 1.54) is 11.1 Å². The molecule has 0 unspecified atom stereocenters. The molecule has 0 heterocycles. The first-order chi connectivity index (χ1) is 11.6. The summed E-state index contributed by atoms with van der Waals surface area (Å²) < 4.78 is 0. The normalized spacial score (nSPS) is 12.4. The number of hydrogen-bond acceptors (Lipinski definition) is 1. The molecule has 0 saturated carbocycles. The van der Waals surface area contributed by atoms with Gasteiger partial charge in [-0.3, -0.25) is 4.99 Å². The van der Waals surface area contributed by atoms with E-state index < -0.39 is 0 Å². The summed E-state index contributed by atoms with van der Waals surface area (Å²) in [4.78, 5) is 4.62. The predicted molar refractivity (Wildman–Crippen MR) is 107 cm³/mol. The molecule has 2 aromatic rings. The highest BCUT2D eigenvalue weighted by molar-refractivity contribution is 6.00. The van der Waals surface area contributed by atoms with Crippen LogP contribution in [0.2, 0.25) is 0 Å². The van der Waals surface area contributed by atoms with Crippen molar-refractivity contribution in [1.82, 2.24) is 0 Å². The minimum atomic E-state index is 0.771. The second-order valence-corrected chi connectivity index (χ2v) is 5.56. The Morgan fingerprint density at radius 3 is 2.12 bits per heavy atom. The number of benzene rings is 2. The van der Waals surface area contributed by atoms with Crippen LogP contribution in [0.5, 0.6) is 0 Å². The van der Waals surface area contributed by atoms with Crippen LogP contribution in [0.3, 0.4) is 0 Å². The molecule has 0 aromatic heterocycles. The van der Waals surface area contributed by atoms with Gasteiger partial charge in [0.1, 0.15) is 0 Å². The van der Waals surface area contributed by atoms with Crippen molar-refractivity contribution in [3.05, 3.63) is 103 Å². The third-order valence-electron chi connectivity index (χ3n) is 3.79. The first-order valence-electron chi connectivity index (χ1n) is 7.98. The fourth-order valence-corrected chi connectivity index (χ4v) is 2.24. The Bertz CT molecular complexity index is 788. The summed E-state index contributed by atoms with van der Waals surface area (Å²) in [5, 5.41) is 0. The highest BCUT2D eigenvalue weighted by Crippen LogP contribution is 2.22. The van der Waals surface area contributed by atoms with Gasteiger partial charge in [-0.2, -0.15) is 0 Å². The molecule has 0 aliphatic heterocycles. The average molecular weight is 313 g/mol. The van der Waals surface area contributed by atoms with E-state index >= 15 is 0 Å². The van der Waals surface area contributed by atoms with E-state index in [0.717, 1.165) is 22.5 Å². The molecule has 0 fully saturated rings. The van der Waals surface area contributed by atoms with Crippen LogP contribution in [-0.2, 0) is 0 Å². The first-order valence-corrected chi connectivity index (χ1v) is 7.98. The summed E-state index contributed by atoms with van der Waals surface area (Å²) in [5.41, 5.74) is 6.27. The number of nitrogens with zero attached hydrogens (tertiary/aromatic N) is 1. The lowest BCUT2D eigenvalue weighted by Crippen LogP contribution is -1.94. The molecule has 0 radical (unpaired) electrons. The van der Waals surface area contributed by atoms with E-state index in [9.17, 15) is 0 Å². The van der Waals surface area contributed by atoms with Crippen molar-refractivity contribution in [1.29, 1.82) is 0 Å². The Labute approximate surface area is 145 Å². The van der Waals surface area contributed by atoms with E-state index in [1.807, 2.05) is 50.3 Å². The monoisotopic (exact) mass is 313 g/mol. The molecule has 0 aliphatic carbocycles. The number of rotatable bonds is 6. The summed E-state index contributed by atoms with van der Waals surface area (Å²) in [6.07, 6.45) is 7.63. The SMILES string of the molecule is C=C/C=C\C=C(/C)C(C)=NC(=C)c1ccc(-c2ccccc2)cc1. The Morgan fingerprint density at radius 1 is 0.875 bits per heavy atom. The van der Waals surface area contributed by atoms with E-state index in [1.54, 1.807) is 6.08 Å². The van der Waals surface area contributed by atoms with Gasteiger partial charge in [0.15, 0.2) is 0 Å². The zero-order chi connectivity index (χ0) is 17.4. The molecule has 24 heavy (non-hydrogen) atoms. The van der Waals surface area contributed by atoms with Gasteiger partial charge in [-0.1, -0.05) is 92.1 Å². The number of allylic oxidation sites excluding steroid dienone is 5. The van der Waals surface area contributed by atoms with Crippen molar-refractivity contribution < 1.29 is 0 Å². The van der Waals surface area contributed by atoms with E-state index in [0.29, 0.717) is 0 Å². The van der Waals surface area contributed by atoms with Gasteiger partial charge in [-0.25, -0.2) is 0 Å². The Hall–Kier alpha value is -2.93.